The maximum Gasteiger partial charge on any atom is 0.303 e. The fourth-order valence-electron chi connectivity index (χ4n) is 3.28. The summed E-state index contributed by atoms with van der Waals surface area (Å²) in [4.78, 5) is 10.8. The van der Waals surface area contributed by atoms with Gasteiger partial charge in [0, 0.05) is 12.0 Å². The van der Waals surface area contributed by atoms with Crippen molar-refractivity contribution in [2.45, 2.75) is 12.8 Å². The third-order valence-electron chi connectivity index (χ3n) is 4.70. The molecule has 0 aromatic heterocycles. The normalized spacial score (nSPS) is 10.7. The van der Waals surface area contributed by atoms with Crippen LogP contribution in [0.3, 0.4) is 0 Å². The number of hydrogen-bond donors (Lipinski definition) is 1. The summed E-state index contributed by atoms with van der Waals surface area (Å²) in [5.74, 6) is 0.843. The zero-order chi connectivity index (χ0) is 19.3. The van der Waals surface area contributed by atoms with Crippen molar-refractivity contribution in [3.8, 4) is 22.6 Å². The molecule has 0 aliphatic rings. The van der Waals surface area contributed by atoms with Gasteiger partial charge in [-0.15, -0.1) is 0 Å². The van der Waals surface area contributed by atoms with Crippen LogP contribution in [-0.4, -0.2) is 11.1 Å². The van der Waals surface area contributed by atoms with E-state index in [9.17, 15) is 4.79 Å². The van der Waals surface area contributed by atoms with E-state index >= 15 is 0 Å². The van der Waals surface area contributed by atoms with Crippen LogP contribution in [0, 0.1) is 0 Å². The minimum atomic E-state index is -0.773. The van der Waals surface area contributed by atoms with E-state index in [0.717, 1.165) is 39.0 Å². The Labute approximate surface area is 163 Å². The Hall–Kier alpha value is -3.59. The number of ether oxygens (including phenoxy) is 1. The number of rotatable bonds is 6. The van der Waals surface area contributed by atoms with Gasteiger partial charge in [-0.3, -0.25) is 4.79 Å². The minimum Gasteiger partial charge on any atom is -0.481 e. The molecule has 0 bridgehead atoms. The lowest BCUT2D eigenvalue weighted by Gasteiger charge is -2.12. The number of fused-ring (bicyclic) bond motifs is 1. The molecular weight excluding hydrogens is 348 g/mol. The summed E-state index contributed by atoms with van der Waals surface area (Å²) in [6.45, 7) is 0. The van der Waals surface area contributed by atoms with E-state index in [4.69, 9.17) is 9.84 Å². The second-order valence-electron chi connectivity index (χ2n) is 6.70. The SMILES string of the molecule is O=C(O)CCc1ccc2cc(-c3ccccc3Oc3ccccc3)ccc2c1. The zero-order valence-corrected chi connectivity index (χ0v) is 15.3. The van der Waals surface area contributed by atoms with Crippen LogP contribution in [0.1, 0.15) is 12.0 Å². The first-order valence-corrected chi connectivity index (χ1v) is 9.26. The Bertz CT molecular complexity index is 1120. The molecule has 0 amide bonds. The fraction of sp³-hybridized carbons (Fsp3) is 0.0800. The molecule has 0 heterocycles. The van der Waals surface area contributed by atoms with Gasteiger partial charge in [-0.05, 0) is 52.6 Å². The molecule has 0 aliphatic carbocycles. The predicted octanol–water partition coefficient (Wildman–Crippen LogP) is 6.32. The summed E-state index contributed by atoms with van der Waals surface area (Å²) in [5.41, 5.74) is 3.15. The van der Waals surface area contributed by atoms with Gasteiger partial charge in [-0.2, -0.15) is 0 Å². The molecule has 4 rings (SSSR count). The lowest BCUT2D eigenvalue weighted by molar-refractivity contribution is -0.136. The van der Waals surface area contributed by atoms with Crippen molar-refractivity contribution in [2.75, 3.05) is 0 Å². The highest BCUT2D eigenvalue weighted by atomic mass is 16.5. The summed E-state index contributed by atoms with van der Waals surface area (Å²) in [6.07, 6.45) is 0.689. The van der Waals surface area contributed by atoms with Crippen LogP contribution in [0.5, 0.6) is 11.5 Å². The quantitative estimate of drug-likeness (QED) is 0.433. The van der Waals surface area contributed by atoms with E-state index in [2.05, 4.69) is 36.4 Å². The summed E-state index contributed by atoms with van der Waals surface area (Å²) < 4.78 is 6.09. The van der Waals surface area contributed by atoms with Gasteiger partial charge in [-0.25, -0.2) is 0 Å². The number of hydrogen-bond acceptors (Lipinski definition) is 2. The molecule has 0 saturated carbocycles. The van der Waals surface area contributed by atoms with E-state index in [-0.39, 0.29) is 6.42 Å². The summed E-state index contributed by atoms with van der Waals surface area (Å²) in [5, 5.41) is 11.1. The highest BCUT2D eigenvalue weighted by Crippen LogP contribution is 2.34. The van der Waals surface area contributed by atoms with E-state index < -0.39 is 5.97 Å². The molecule has 3 nitrogen and oxygen atoms in total. The molecule has 4 aromatic rings. The van der Waals surface area contributed by atoms with Gasteiger partial charge in [0.15, 0.2) is 0 Å². The number of benzene rings is 4. The van der Waals surface area contributed by atoms with Crippen LogP contribution in [0.4, 0.5) is 0 Å². The van der Waals surface area contributed by atoms with Gasteiger partial charge in [-0.1, -0.05) is 66.7 Å². The molecule has 0 radical (unpaired) electrons. The standard InChI is InChI=1S/C25H20O3/c26-25(27)15-11-18-10-12-20-17-21(14-13-19(20)16-18)23-8-4-5-9-24(23)28-22-6-2-1-3-7-22/h1-10,12-14,16-17H,11,15H2,(H,26,27). The van der Waals surface area contributed by atoms with Crippen molar-refractivity contribution < 1.29 is 14.6 Å². The third kappa shape index (κ3) is 4.04. The van der Waals surface area contributed by atoms with E-state index in [1.54, 1.807) is 0 Å². The Morgan fingerprint density at radius 1 is 0.786 bits per heavy atom. The molecule has 0 aliphatic heterocycles. The Kier molecular flexibility index (Phi) is 5.07. The smallest absolute Gasteiger partial charge is 0.303 e. The maximum atomic E-state index is 10.8. The highest BCUT2D eigenvalue weighted by molar-refractivity contribution is 5.89. The molecule has 28 heavy (non-hydrogen) atoms. The van der Waals surface area contributed by atoms with Crippen LogP contribution in [0.25, 0.3) is 21.9 Å². The van der Waals surface area contributed by atoms with Crippen LogP contribution < -0.4 is 4.74 Å². The van der Waals surface area contributed by atoms with Gasteiger partial charge in [0.25, 0.3) is 0 Å². The number of aliphatic carboxylic acids is 1. The number of carboxylic acids is 1. The van der Waals surface area contributed by atoms with E-state index in [0.29, 0.717) is 6.42 Å². The monoisotopic (exact) mass is 368 g/mol. The summed E-state index contributed by atoms with van der Waals surface area (Å²) in [7, 11) is 0. The van der Waals surface area contributed by atoms with Crippen LogP contribution in [0.15, 0.2) is 91.0 Å². The van der Waals surface area contributed by atoms with Crippen molar-refractivity contribution in [3.05, 3.63) is 96.6 Å². The van der Waals surface area contributed by atoms with E-state index in [1.807, 2.05) is 54.6 Å². The van der Waals surface area contributed by atoms with Gasteiger partial charge in [0.2, 0.25) is 0 Å². The van der Waals surface area contributed by atoms with Gasteiger partial charge in [0.1, 0.15) is 11.5 Å². The van der Waals surface area contributed by atoms with Crippen molar-refractivity contribution in [3.63, 3.8) is 0 Å². The van der Waals surface area contributed by atoms with Crippen molar-refractivity contribution in [2.24, 2.45) is 0 Å². The molecular formula is C25H20O3. The molecule has 3 heteroatoms. The van der Waals surface area contributed by atoms with Crippen LogP contribution >= 0.6 is 0 Å². The predicted molar refractivity (Wildman–Crippen MR) is 112 cm³/mol. The van der Waals surface area contributed by atoms with Gasteiger partial charge >= 0.3 is 5.97 Å². The molecule has 0 spiro atoms. The third-order valence-corrected chi connectivity index (χ3v) is 4.70. The summed E-state index contributed by atoms with van der Waals surface area (Å²) in [6, 6.07) is 30.2. The number of carboxylic acid groups (broad SMARTS) is 1. The van der Waals surface area contributed by atoms with Crippen molar-refractivity contribution >= 4 is 16.7 Å². The molecule has 138 valence electrons. The van der Waals surface area contributed by atoms with Crippen LogP contribution in [-0.2, 0) is 11.2 Å². The second-order valence-corrected chi connectivity index (χ2v) is 6.70. The molecule has 0 fully saturated rings. The molecule has 0 saturated heterocycles. The van der Waals surface area contributed by atoms with Crippen molar-refractivity contribution in [1.82, 2.24) is 0 Å². The summed E-state index contributed by atoms with van der Waals surface area (Å²) >= 11 is 0. The number of aryl methyl sites for hydroxylation is 1. The minimum absolute atomic E-state index is 0.147. The second kappa shape index (κ2) is 7.97. The fourth-order valence-corrected chi connectivity index (χ4v) is 3.28. The lowest BCUT2D eigenvalue weighted by atomic mass is 9.98. The van der Waals surface area contributed by atoms with E-state index in [1.165, 1.54) is 0 Å². The molecule has 0 unspecified atom stereocenters. The van der Waals surface area contributed by atoms with Gasteiger partial charge in [0.05, 0.1) is 0 Å². The first-order valence-electron chi connectivity index (χ1n) is 9.26. The molecule has 1 N–H and O–H groups in total. The topological polar surface area (TPSA) is 46.5 Å². The Balaban J connectivity index is 1.66. The Morgan fingerprint density at radius 2 is 1.50 bits per heavy atom. The molecule has 0 atom stereocenters. The highest BCUT2D eigenvalue weighted by Gasteiger charge is 2.08. The number of carbonyl (C=O) groups is 1. The number of para-hydroxylation sites is 2. The van der Waals surface area contributed by atoms with Gasteiger partial charge < -0.3 is 9.84 Å². The first-order chi connectivity index (χ1) is 13.7. The maximum absolute atomic E-state index is 10.8. The van der Waals surface area contributed by atoms with Crippen LogP contribution in [0.2, 0.25) is 0 Å². The average molecular weight is 368 g/mol. The zero-order valence-electron chi connectivity index (χ0n) is 15.3. The largest absolute Gasteiger partial charge is 0.481 e. The lowest BCUT2D eigenvalue weighted by Crippen LogP contribution is -1.97. The molecule has 4 aromatic carbocycles. The average Bonchev–Trinajstić information content (AvgIpc) is 2.73. The van der Waals surface area contributed by atoms with Crippen molar-refractivity contribution in [1.29, 1.82) is 0 Å². The Morgan fingerprint density at radius 3 is 2.32 bits per heavy atom. The first kappa shape index (κ1) is 17.8.